The Bertz CT molecular complexity index is 219. The zero-order valence-corrected chi connectivity index (χ0v) is 7.93. The number of ether oxygens (including phenoxy) is 1. The van der Waals surface area contributed by atoms with Gasteiger partial charge in [0, 0.05) is 0 Å². The average molecular weight is 201 g/mol. The van der Waals surface area contributed by atoms with Crippen LogP contribution in [0.15, 0.2) is 12.7 Å². The second-order valence-corrected chi connectivity index (χ2v) is 3.24. The number of carbonyl (C=O) groups is 1. The molecule has 5 heteroatoms. The van der Waals surface area contributed by atoms with E-state index in [9.17, 15) is 9.90 Å². The van der Waals surface area contributed by atoms with Crippen molar-refractivity contribution in [3.05, 3.63) is 12.7 Å². The van der Waals surface area contributed by atoms with Gasteiger partial charge in [-0.15, -0.1) is 0 Å². The molecule has 0 aromatic carbocycles. The van der Waals surface area contributed by atoms with E-state index in [1.165, 1.54) is 11.0 Å². The lowest BCUT2D eigenvalue weighted by molar-refractivity contribution is 0.0901. The molecule has 1 heterocycles. The maximum atomic E-state index is 11.4. The van der Waals surface area contributed by atoms with Gasteiger partial charge in [0.25, 0.3) is 0 Å². The van der Waals surface area contributed by atoms with Crippen molar-refractivity contribution in [3.63, 3.8) is 0 Å². The second kappa shape index (κ2) is 4.97. The van der Waals surface area contributed by atoms with Gasteiger partial charge < -0.3 is 19.8 Å². The molecule has 1 amide bonds. The van der Waals surface area contributed by atoms with Gasteiger partial charge in [-0.2, -0.15) is 0 Å². The van der Waals surface area contributed by atoms with Crippen molar-refractivity contribution in [1.82, 2.24) is 4.90 Å². The largest absolute Gasteiger partial charge is 0.445 e. The van der Waals surface area contributed by atoms with Crippen LogP contribution in [0.3, 0.4) is 0 Å². The predicted molar refractivity (Wildman–Crippen MR) is 49.7 cm³/mol. The van der Waals surface area contributed by atoms with Gasteiger partial charge in [-0.25, -0.2) is 4.79 Å². The Kier molecular flexibility index (Phi) is 3.91. The van der Waals surface area contributed by atoms with Gasteiger partial charge in [0.05, 0.1) is 25.3 Å². The fraction of sp³-hybridized carbons (Fsp3) is 0.667. The Morgan fingerprint density at radius 1 is 1.71 bits per heavy atom. The highest BCUT2D eigenvalue weighted by atomic mass is 16.6. The van der Waals surface area contributed by atoms with E-state index >= 15 is 0 Å². The van der Waals surface area contributed by atoms with Crippen LogP contribution in [0.5, 0.6) is 0 Å². The monoisotopic (exact) mass is 201 g/mol. The molecule has 14 heavy (non-hydrogen) atoms. The molecule has 0 saturated carbocycles. The molecule has 1 rings (SSSR count). The van der Waals surface area contributed by atoms with Crippen LogP contribution in [0.2, 0.25) is 0 Å². The summed E-state index contributed by atoms with van der Waals surface area (Å²) in [5.74, 6) is 0. The molecular weight excluding hydrogens is 186 g/mol. The lowest BCUT2D eigenvalue weighted by atomic mass is 10.2. The number of hydrogen-bond donors (Lipinski definition) is 2. The summed E-state index contributed by atoms with van der Waals surface area (Å²) in [7, 11) is 0. The van der Waals surface area contributed by atoms with Crippen molar-refractivity contribution in [3.8, 4) is 0 Å². The minimum absolute atomic E-state index is 0.142. The minimum atomic E-state index is -0.566. The van der Waals surface area contributed by atoms with Crippen molar-refractivity contribution < 1.29 is 19.7 Å². The first kappa shape index (κ1) is 11.0. The molecule has 1 aliphatic rings. The summed E-state index contributed by atoms with van der Waals surface area (Å²) in [5.41, 5.74) is 0. The van der Waals surface area contributed by atoms with Crippen LogP contribution in [-0.4, -0.2) is 53.1 Å². The molecule has 0 aromatic heterocycles. The molecule has 0 bridgehead atoms. The summed E-state index contributed by atoms with van der Waals surface area (Å²) < 4.78 is 4.80. The van der Waals surface area contributed by atoms with E-state index in [0.717, 1.165) is 0 Å². The fourth-order valence-electron chi connectivity index (χ4n) is 1.50. The number of hydrogen-bond acceptors (Lipinski definition) is 4. The van der Waals surface area contributed by atoms with Gasteiger partial charge in [0.2, 0.25) is 0 Å². The van der Waals surface area contributed by atoms with E-state index in [1.54, 1.807) is 0 Å². The Labute approximate surface area is 82.6 Å². The second-order valence-electron chi connectivity index (χ2n) is 3.24. The molecule has 2 atom stereocenters. The van der Waals surface area contributed by atoms with Crippen molar-refractivity contribution in [2.45, 2.75) is 18.6 Å². The number of β-amino-alcohol motifs (C(OH)–C–C–N with tert-alkyl or cyclic N) is 1. The first-order valence-electron chi connectivity index (χ1n) is 4.52. The number of rotatable bonds is 3. The number of aliphatic hydroxyl groups is 2. The zero-order chi connectivity index (χ0) is 10.6. The third-order valence-electron chi connectivity index (χ3n) is 2.16. The Hall–Kier alpha value is -1.07. The molecule has 0 unspecified atom stereocenters. The van der Waals surface area contributed by atoms with Gasteiger partial charge in [-0.1, -0.05) is 12.7 Å². The standard InChI is InChI=1S/C9H15NO4/c1-2-3-14-9(13)10-5-8(12)4-7(10)6-11/h2,7-8,11-12H,1,3-6H2/t7-,8-/m1/s1. The van der Waals surface area contributed by atoms with E-state index < -0.39 is 12.2 Å². The van der Waals surface area contributed by atoms with Crippen molar-refractivity contribution in [2.75, 3.05) is 19.8 Å². The van der Waals surface area contributed by atoms with E-state index in [2.05, 4.69) is 6.58 Å². The molecule has 1 fully saturated rings. The van der Waals surface area contributed by atoms with Gasteiger partial charge in [0.1, 0.15) is 6.61 Å². The molecule has 5 nitrogen and oxygen atoms in total. The number of carbonyl (C=O) groups excluding carboxylic acids is 1. The fourth-order valence-corrected chi connectivity index (χ4v) is 1.50. The highest BCUT2D eigenvalue weighted by Gasteiger charge is 2.34. The number of amides is 1. The summed E-state index contributed by atoms with van der Waals surface area (Å²) in [6.07, 6.45) is 0.793. The molecular formula is C9H15NO4. The molecule has 0 aliphatic carbocycles. The van der Waals surface area contributed by atoms with E-state index in [1.807, 2.05) is 0 Å². The van der Waals surface area contributed by atoms with Gasteiger partial charge in [0.15, 0.2) is 0 Å². The maximum Gasteiger partial charge on any atom is 0.410 e. The van der Waals surface area contributed by atoms with Crippen LogP contribution >= 0.6 is 0 Å². The molecule has 1 saturated heterocycles. The maximum absolute atomic E-state index is 11.4. The smallest absolute Gasteiger partial charge is 0.410 e. The summed E-state index contributed by atoms with van der Waals surface area (Å²) in [6, 6.07) is -0.331. The topological polar surface area (TPSA) is 70.0 Å². The molecule has 0 spiro atoms. The lowest BCUT2D eigenvalue weighted by Gasteiger charge is -2.21. The van der Waals surface area contributed by atoms with Crippen LogP contribution < -0.4 is 0 Å². The molecule has 2 N–H and O–H groups in total. The molecule has 0 radical (unpaired) electrons. The molecule has 0 aromatic rings. The van der Waals surface area contributed by atoms with Crippen molar-refractivity contribution in [1.29, 1.82) is 0 Å². The number of aliphatic hydroxyl groups excluding tert-OH is 2. The summed E-state index contributed by atoms with van der Waals surface area (Å²) in [4.78, 5) is 12.7. The highest BCUT2D eigenvalue weighted by molar-refractivity contribution is 5.68. The van der Waals surface area contributed by atoms with E-state index in [-0.39, 0.29) is 25.8 Å². The summed E-state index contributed by atoms with van der Waals surface area (Å²) >= 11 is 0. The van der Waals surface area contributed by atoms with Crippen LogP contribution in [0, 0.1) is 0 Å². The third kappa shape index (κ3) is 2.46. The lowest BCUT2D eigenvalue weighted by Crippen LogP contribution is -2.38. The first-order valence-corrected chi connectivity index (χ1v) is 4.52. The SMILES string of the molecule is C=CCOC(=O)N1C[C@H](O)C[C@@H]1CO. The summed E-state index contributed by atoms with van der Waals surface area (Å²) in [5, 5.41) is 18.2. The first-order chi connectivity index (χ1) is 6.69. The van der Waals surface area contributed by atoms with Crippen LogP contribution in [-0.2, 0) is 4.74 Å². The van der Waals surface area contributed by atoms with Crippen molar-refractivity contribution >= 4 is 6.09 Å². The average Bonchev–Trinajstić information content (AvgIpc) is 2.56. The Balaban J connectivity index is 2.48. The molecule has 80 valence electrons. The number of nitrogens with zero attached hydrogens (tertiary/aromatic N) is 1. The Morgan fingerprint density at radius 2 is 2.43 bits per heavy atom. The van der Waals surface area contributed by atoms with Crippen molar-refractivity contribution in [2.24, 2.45) is 0 Å². The highest BCUT2D eigenvalue weighted by Crippen LogP contribution is 2.18. The molecule has 1 aliphatic heterocycles. The third-order valence-corrected chi connectivity index (χ3v) is 2.16. The summed E-state index contributed by atoms with van der Waals surface area (Å²) in [6.45, 7) is 3.63. The minimum Gasteiger partial charge on any atom is -0.445 e. The van der Waals surface area contributed by atoms with Crippen LogP contribution in [0.1, 0.15) is 6.42 Å². The van der Waals surface area contributed by atoms with E-state index in [4.69, 9.17) is 9.84 Å². The van der Waals surface area contributed by atoms with Gasteiger partial charge in [-0.3, -0.25) is 0 Å². The van der Waals surface area contributed by atoms with Crippen LogP contribution in [0.25, 0.3) is 0 Å². The van der Waals surface area contributed by atoms with Gasteiger partial charge >= 0.3 is 6.09 Å². The normalized spacial score (nSPS) is 26.3. The Morgan fingerprint density at radius 3 is 3.00 bits per heavy atom. The quantitative estimate of drug-likeness (QED) is 0.617. The predicted octanol–water partition coefficient (Wildman–Crippen LogP) is -0.263. The zero-order valence-electron chi connectivity index (χ0n) is 7.93. The number of likely N-dealkylation sites (tertiary alicyclic amines) is 1. The van der Waals surface area contributed by atoms with Crippen LogP contribution in [0.4, 0.5) is 4.79 Å². The van der Waals surface area contributed by atoms with Gasteiger partial charge in [-0.05, 0) is 6.42 Å². The van der Waals surface area contributed by atoms with E-state index in [0.29, 0.717) is 6.42 Å².